The molecule has 2 aromatic rings. The van der Waals surface area contributed by atoms with Gasteiger partial charge >= 0.3 is 0 Å². The van der Waals surface area contributed by atoms with Gasteiger partial charge in [0.15, 0.2) is 0 Å². The molecule has 1 N–H and O–H groups in total. The molecule has 0 spiro atoms. The number of nitrogens with one attached hydrogen (secondary N) is 1. The van der Waals surface area contributed by atoms with Crippen molar-refractivity contribution in [2.24, 2.45) is 0 Å². The zero-order valence-electron chi connectivity index (χ0n) is 10.4. The van der Waals surface area contributed by atoms with Crippen molar-refractivity contribution in [1.29, 1.82) is 5.26 Å². The molecule has 0 saturated carbocycles. The van der Waals surface area contributed by atoms with Gasteiger partial charge in [0.1, 0.15) is 17.7 Å². The Bertz CT molecular complexity index is 670. The SMILES string of the molecule is N#Cc1ccc(NC(=O)/C=C/c2ccc(F)cc2)nc1. The molecule has 98 valence electrons. The van der Waals surface area contributed by atoms with Gasteiger partial charge < -0.3 is 5.32 Å². The molecule has 1 heterocycles. The molecule has 2 rings (SSSR count). The van der Waals surface area contributed by atoms with Crippen LogP contribution in [0.4, 0.5) is 10.2 Å². The van der Waals surface area contributed by atoms with Crippen LogP contribution in [0.2, 0.25) is 0 Å². The number of carbonyl (C=O) groups is 1. The molecule has 1 aromatic carbocycles. The van der Waals surface area contributed by atoms with E-state index in [0.29, 0.717) is 16.9 Å². The highest BCUT2D eigenvalue weighted by Gasteiger charge is 1.99. The summed E-state index contributed by atoms with van der Waals surface area (Å²) in [6.07, 6.45) is 4.27. The molecule has 0 aliphatic heterocycles. The third kappa shape index (κ3) is 3.75. The highest BCUT2D eigenvalue weighted by atomic mass is 19.1. The van der Waals surface area contributed by atoms with Gasteiger partial charge in [0.05, 0.1) is 5.56 Å². The van der Waals surface area contributed by atoms with Crippen LogP contribution < -0.4 is 5.32 Å². The van der Waals surface area contributed by atoms with Gasteiger partial charge in [0.25, 0.3) is 0 Å². The molecule has 0 aliphatic carbocycles. The van der Waals surface area contributed by atoms with Crippen LogP contribution >= 0.6 is 0 Å². The van der Waals surface area contributed by atoms with E-state index in [0.717, 1.165) is 0 Å². The quantitative estimate of drug-likeness (QED) is 0.869. The molecule has 20 heavy (non-hydrogen) atoms. The smallest absolute Gasteiger partial charge is 0.249 e. The predicted octanol–water partition coefficient (Wildman–Crippen LogP) is 2.74. The topological polar surface area (TPSA) is 65.8 Å². The molecule has 0 unspecified atom stereocenters. The number of rotatable bonds is 3. The first-order valence-electron chi connectivity index (χ1n) is 5.78. The van der Waals surface area contributed by atoms with Crippen molar-refractivity contribution in [3.05, 3.63) is 65.6 Å². The van der Waals surface area contributed by atoms with Gasteiger partial charge in [-0.25, -0.2) is 9.37 Å². The molecule has 0 fully saturated rings. The first-order chi connectivity index (χ1) is 9.67. The summed E-state index contributed by atoms with van der Waals surface area (Å²) < 4.78 is 12.7. The van der Waals surface area contributed by atoms with Crippen molar-refractivity contribution >= 4 is 17.8 Å². The maximum absolute atomic E-state index is 12.7. The van der Waals surface area contributed by atoms with Crippen molar-refractivity contribution in [2.45, 2.75) is 0 Å². The third-order valence-corrected chi connectivity index (χ3v) is 2.44. The highest BCUT2D eigenvalue weighted by molar-refractivity contribution is 6.01. The van der Waals surface area contributed by atoms with Crippen molar-refractivity contribution in [3.63, 3.8) is 0 Å². The van der Waals surface area contributed by atoms with Gasteiger partial charge in [-0.3, -0.25) is 4.79 Å². The second-order valence-corrected chi connectivity index (χ2v) is 3.92. The van der Waals surface area contributed by atoms with Gasteiger partial charge in [0, 0.05) is 12.3 Å². The third-order valence-electron chi connectivity index (χ3n) is 2.44. The number of hydrogen-bond donors (Lipinski definition) is 1. The predicted molar refractivity (Wildman–Crippen MR) is 73.0 cm³/mol. The Kier molecular flexibility index (Phi) is 4.20. The minimum Gasteiger partial charge on any atom is -0.307 e. The number of aromatic nitrogens is 1. The van der Waals surface area contributed by atoms with E-state index in [4.69, 9.17) is 5.26 Å². The Labute approximate surface area is 115 Å². The molecule has 1 aromatic heterocycles. The highest BCUT2D eigenvalue weighted by Crippen LogP contribution is 2.06. The summed E-state index contributed by atoms with van der Waals surface area (Å²) in [7, 11) is 0. The average Bonchev–Trinajstić information content (AvgIpc) is 2.47. The summed E-state index contributed by atoms with van der Waals surface area (Å²) in [6.45, 7) is 0. The van der Waals surface area contributed by atoms with Crippen LogP contribution in [0.25, 0.3) is 6.08 Å². The van der Waals surface area contributed by atoms with Gasteiger partial charge in [0.2, 0.25) is 5.91 Å². The van der Waals surface area contributed by atoms with E-state index in [1.807, 2.05) is 6.07 Å². The van der Waals surface area contributed by atoms with Crippen LogP contribution in [0, 0.1) is 17.1 Å². The Balaban J connectivity index is 1.98. The molecular weight excluding hydrogens is 257 g/mol. The zero-order valence-corrected chi connectivity index (χ0v) is 10.4. The number of benzene rings is 1. The molecule has 5 heteroatoms. The van der Waals surface area contributed by atoms with Crippen molar-refractivity contribution < 1.29 is 9.18 Å². The number of hydrogen-bond acceptors (Lipinski definition) is 3. The second kappa shape index (κ2) is 6.25. The van der Waals surface area contributed by atoms with Gasteiger partial charge in [-0.1, -0.05) is 12.1 Å². The second-order valence-electron chi connectivity index (χ2n) is 3.92. The number of nitriles is 1. The summed E-state index contributed by atoms with van der Waals surface area (Å²) in [5.74, 6) is -0.322. The maximum Gasteiger partial charge on any atom is 0.249 e. The zero-order chi connectivity index (χ0) is 14.4. The van der Waals surface area contributed by atoms with Crippen LogP contribution in [0.15, 0.2) is 48.7 Å². The Morgan fingerprint density at radius 1 is 1.25 bits per heavy atom. The number of pyridine rings is 1. The Morgan fingerprint density at radius 3 is 2.60 bits per heavy atom. The fraction of sp³-hybridized carbons (Fsp3) is 0. The molecule has 0 radical (unpaired) electrons. The van der Waals surface area contributed by atoms with E-state index in [1.54, 1.807) is 30.3 Å². The lowest BCUT2D eigenvalue weighted by Gasteiger charge is -2.00. The monoisotopic (exact) mass is 267 g/mol. The van der Waals surface area contributed by atoms with Crippen molar-refractivity contribution in [1.82, 2.24) is 4.98 Å². The fourth-order valence-electron chi connectivity index (χ4n) is 1.45. The molecule has 1 amide bonds. The average molecular weight is 267 g/mol. The summed E-state index contributed by atoms with van der Waals surface area (Å²) in [4.78, 5) is 15.5. The van der Waals surface area contributed by atoms with Crippen LogP contribution in [0.1, 0.15) is 11.1 Å². The summed E-state index contributed by atoms with van der Waals surface area (Å²) in [5, 5.41) is 11.2. The van der Waals surface area contributed by atoms with E-state index in [9.17, 15) is 9.18 Å². The lowest BCUT2D eigenvalue weighted by atomic mass is 10.2. The number of amides is 1. The number of anilines is 1. The number of carbonyl (C=O) groups excluding carboxylic acids is 1. The van der Waals surface area contributed by atoms with E-state index in [1.165, 1.54) is 24.4 Å². The van der Waals surface area contributed by atoms with E-state index in [-0.39, 0.29) is 11.7 Å². The molecule has 0 aliphatic rings. The van der Waals surface area contributed by atoms with Gasteiger partial charge in [-0.2, -0.15) is 5.26 Å². The van der Waals surface area contributed by atoms with Gasteiger partial charge in [-0.05, 0) is 35.9 Å². The molecule has 0 bridgehead atoms. The fourth-order valence-corrected chi connectivity index (χ4v) is 1.45. The van der Waals surface area contributed by atoms with E-state index >= 15 is 0 Å². The molecule has 4 nitrogen and oxygen atoms in total. The van der Waals surface area contributed by atoms with Gasteiger partial charge in [-0.15, -0.1) is 0 Å². The summed E-state index contributed by atoms with van der Waals surface area (Å²) >= 11 is 0. The van der Waals surface area contributed by atoms with Crippen molar-refractivity contribution in [3.8, 4) is 6.07 Å². The van der Waals surface area contributed by atoms with Crippen LogP contribution in [-0.4, -0.2) is 10.9 Å². The standard InChI is InChI=1S/C15H10FN3O/c16-13-5-1-11(2-6-13)4-8-15(20)19-14-7-3-12(9-17)10-18-14/h1-8,10H,(H,18,19,20)/b8-4+. The Morgan fingerprint density at radius 2 is 2.00 bits per heavy atom. The lowest BCUT2D eigenvalue weighted by molar-refractivity contribution is -0.111. The van der Waals surface area contributed by atoms with Crippen LogP contribution in [0.5, 0.6) is 0 Å². The van der Waals surface area contributed by atoms with E-state index in [2.05, 4.69) is 10.3 Å². The largest absolute Gasteiger partial charge is 0.307 e. The van der Waals surface area contributed by atoms with Crippen LogP contribution in [0.3, 0.4) is 0 Å². The summed E-state index contributed by atoms with van der Waals surface area (Å²) in [5.41, 5.74) is 1.14. The minimum absolute atomic E-state index is 0.326. The summed E-state index contributed by atoms with van der Waals surface area (Å²) in [6, 6.07) is 10.8. The lowest BCUT2D eigenvalue weighted by Crippen LogP contribution is -2.08. The Hall–Kier alpha value is -3.00. The normalized spacial score (nSPS) is 10.2. The molecule has 0 atom stereocenters. The van der Waals surface area contributed by atoms with E-state index < -0.39 is 0 Å². The first kappa shape index (κ1) is 13.4. The van der Waals surface area contributed by atoms with Crippen LogP contribution in [-0.2, 0) is 4.79 Å². The number of halogens is 1. The number of nitrogens with zero attached hydrogens (tertiary/aromatic N) is 2. The molecular formula is C15H10FN3O. The minimum atomic E-state index is -0.355. The maximum atomic E-state index is 12.7. The first-order valence-corrected chi connectivity index (χ1v) is 5.78. The molecule has 0 saturated heterocycles. The van der Waals surface area contributed by atoms with Crippen molar-refractivity contribution in [2.75, 3.05) is 5.32 Å².